The molecule has 6 heteroatoms. The third-order valence-corrected chi connectivity index (χ3v) is 3.05. The summed E-state index contributed by atoms with van der Waals surface area (Å²) < 4.78 is 0. The predicted molar refractivity (Wildman–Crippen MR) is 66.0 cm³/mol. The second-order valence-electron chi connectivity index (χ2n) is 3.69. The van der Waals surface area contributed by atoms with Crippen LogP contribution in [0.1, 0.15) is 20.3 Å². The lowest BCUT2D eigenvalue weighted by Crippen LogP contribution is -2.31. The van der Waals surface area contributed by atoms with Crippen LogP contribution in [0.25, 0.3) is 0 Å². The van der Waals surface area contributed by atoms with Gasteiger partial charge in [0.1, 0.15) is 0 Å². The van der Waals surface area contributed by atoms with Gasteiger partial charge in [0.15, 0.2) is 10.3 Å². The van der Waals surface area contributed by atoms with Gasteiger partial charge in [-0.15, -0.1) is 10.2 Å². The SMILES string of the molecule is CC[C@H](C)[C@H](CO)Nc1cc(Cl)nnc1Cl. The number of anilines is 1. The highest BCUT2D eigenvalue weighted by Gasteiger charge is 2.16. The van der Waals surface area contributed by atoms with Crippen LogP contribution in [0.5, 0.6) is 0 Å². The number of nitrogens with one attached hydrogen (secondary N) is 1. The summed E-state index contributed by atoms with van der Waals surface area (Å²) in [5.41, 5.74) is 0.598. The van der Waals surface area contributed by atoms with E-state index in [2.05, 4.69) is 29.4 Å². The highest BCUT2D eigenvalue weighted by Crippen LogP contribution is 2.23. The molecule has 4 nitrogen and oxygen atoms in total. The molecular formula is C10H15Cl2N3O. The number of rotatable bonds is 5. The quantitative estimate of drug-likeness (QED) is 0.858. The molecule has 1 rings (SSSR count). The zero-order chi connectivity index (χ0) is 12.1. The monoisotopic (exact) mass is 263 g/mol. The van der Waals surface area contributed by atoms with Crippen molar-refractivity contribution in [1.29, 1.82) is 0 Å². The van der Waals surface area contributed by atoms with Crippen molar-refractivity contribution in [1.82, 2.24) is 10.2 Å². The van der Waals surface area contributed by atoms with Gasteiger partial charge in [-0.05, 0) is 5.92 Å². The van der Waals surface area contributed by atoms with Crippen LogP contribution in [0.4, 0.5) is 5.69 Å². The van der Waals surface area contributed by atoms with E-state index in [-0.39, 0.29) is 23.0 Å². The van der Waals surface area contributed by atoms with Gasteiger partial charge in [0, 0.05) is 6.07 Å². The number of aromatic nitrogens is 2. The highest BCUT2D eigenvalue weighted by atomic mass is 35.5. The van der Waals surface area contributed by atoms with Crippen LogP contribution in [0, 0.1) is 5.92 Å². The van der Waals surface area contributed by atoms with Crippen LogP contribution in [0.3, 0.4) is 0 Å². The largest absolute Gasteiger partial charge is 0.394 e. The van der Waals surface area contributed by atoms with Gasteiger partial charge >= 0.3 is 0 Å². The van der Waals surface area contributed by atoms with Crippen LogP contribution < -0.4 is 5.32 Å². The lowest BCUT2D eigenvalue weighted by atomic mass is 10.00. The van der Waals surface area contributed by atoms with Crippen LogP contribution in [0.2, 0.25) is 10.3 Å². The molecule has 90 valence electrons. The van der Waals surface area contributed by atoms with Gasteiger partial charge in [-0.2, -0.15) is 0 Å². The van der Waals surface area contributed by atoms with Crippen molar-refractivity contribution < 1.29 is 5.11 Å². The molecule has 0 saturated heterocycles. The Morgan fingerprint density at radius 2 is 2.12 bits per heavy atom. The normalized spacial score (nSPS) is 14.6. The summed E-state index contributed by atoms with van der Waals surface area (Å²) in [6, 6.07) is 1.53. The van der Waals surface area contributed by atoms with E-state index in [0.29, 0.717) is 11.6 Å². The first-order valence-corrected chi connectivity index (χ1v) is 5.90. The van der Waals surface area contributed by atoms with Crippen molar-refractivity contribution >= 4 is 28.9 Å². The zero-order valence-electron chi connectivity index (χ0n) is 9.24. The fourth-order valence-corrected chi connectivity index (χ4v) is 1.60. The Morgan fingerprint density at radius 1 is 1.44 bits per heavy atom. The van der Waals surface area contributed by atoms with Gasteiger partial charge < -0.3 is 10.4 Å². The molecule has 0 fully saturated rings. The van der Waals surface area contributed by atoms with Gasteiger partial charge in [0.05, 0.1) is 18.3 Å². The maximum absolute atomic E-state index is 9.27. The van der Waals surface area contributed by atoms with E-state index in [1.165, 1.54) is 0 Å². The van der Waals surface area contributed by atoms with Crippen molar-refractivity contribution in [3.05, 3.63) is 16.4 Å². The second kappa shape index (κ2) is 6.23. The van der Waals surface area contributed by atoms with Crippen LogP contribution in [0.15, 0.2) is 6.07 Å². The minimum absolute atomic E-state index is 0.0330. The average Bonchev–Trinajstić information content (AvgIpc) is 2.29. The standard InChI is InChI=1S/C10H15Cl2N3O/c1-3-6(2)8(5-16)13-7-4-9(11)14-15-10(7)12/h4,6,8,16H,3,5H2,1-2H3,(H,13,14)/t6-,8-/m0/s1. The smallest absolute Gasteiger partial charge is 0.174 e. The van der Waals surface area contributed by atoms with Crippen molar-refractivity contribution in [3.63, 3.8) is 0 Å². The maximum Gasteiger partial charge on any atom is 0.174 e. The molecule has 0 amide bonds. The summed E-state index contributed by atoms with van der Waals surface area (Å²) >= 11 is 11.6. The number of aliphatic hydroxyl groups excluding tert-OH is 1. The lowest BCUT2D eigenvalue weighted by molar-refractivity contribution is 0.241. The molecule has 2 atom stereocenters. The molecule has 0 radical (unpaired) electrons. The topological polar surface area (TPSA) is 58.0 Å². The van der Waals surface area contributed by atoms with E-state index in [0.717, 1.165) is 6.42 Å². The molecule has 1 heterocycles. The summed E-state index contributed by atoms with van der Waals surface area (Å²) in [6.07, 6.45) is 0.960. The van der Waals surface area contributed by atoms with Gasteiger partial charge in [-0.1, -0.05) is 43.5 Å². The molecule has 1 aromatic rings. The molecule has 0 aliphatic heterocycles. The summed E-state index contributed by atoms with van der Waals surface area (Å²) in [6.45, 7) is 4.15. The predicted octanol–water partition coefficient (Wildman–Crippen LogP) is 2.60. The van der Waals surface area contributed by atoms with Gasteiger partial charge in [0.2, 0.25) is 0 Å². The van der Waals surface area contributed by atoms with Crippen molar-refractivity contribution in [3.8, 4) is 0 Å². The van der Waals surface area contributed by atoms with Crippen molar-refractivity contribution in [2.45, 2.75) is 26.3 Å². The van der Waals surface area contributed by atoms with E-state index >= 15 is 0 Å². The number of halogens is 2. The number of hydrogen-bond donors (Lipinski definition) is 2. The minimum Gasteiger partial charge on any atom is -0.394 e. The van der Waals surface area contributed by atoms with Crippen molar-refractivity contribution in [2.24, 2.45) is 5.92 Å². The van der Waals surface area contributed by atoms with E-state index in [9.17, 15) is 5.11 Å². The molecule has 16 heavy (non-hydrogen) atoms. The fraction of sp³-hybridized carbons (Fsp3) is 0.600. The summed E-state index contributed by atoms with van der Waals surface area (Å²) in [7, 11) is 0. The number of nitrogens with zero attached hydrogens (tertiary/aromatic N) is 2. The minimum atomic E-state index is -0.0669. The lowest BCUT2D eigenvalue weighted by Gasteiger charge is -2.23. The summed E-state index contributed by atoms with van der Waals surface area (Å²) in [5, 5.41) is 20.2. The molecular weight excluding hydrogens is 249 g/mol. The molecule has 0 aliphatic carbocycles. The highest BCUT2D eigenvalue weighted by molar-refractivity contribution is 6.33. The van der Waals surface area contributed by atoms with Gasteiger partial charge in [0.25, 0.3) is 0 Å². The molecule has 0 aliphatic rings. The first-order chi connectivity index (χ1) is 7.58. The Hall–Kier alpha value is -0.580. The van der Waals surface area contributed by atoms with E-state index in [4.69, 9.17) is 23.2 Å². The first kappa shape index (κ1) is 13.5. The third-order valence-electron chi connectivity index (χ3n) is 2.59. The number of hydrogen-bond acceptors (Lipinski definition) is 4. The molecule has 0 spiro atoms. The summed E-state index contributed by atoms with van der Waals surface area (Å²) in [5.74, 6) is 0.327. The Bertz CT molecular complexity index is 349. The zero-order valence-corrected chi connectivity index (χ0v) is 10.8. The van der Waals surface area contributed by atoms with E-state index < -0.39 is 0 Å². The molecule has 2 N–H and O–H groups in total. The van der Waals surface area contributed by atoms with Crippen LogP contribution >= 0.6 is 23.2 Å². The Morgan fingerprint density at radius 3 is 2.69 bits per heavy atom. The Labute approximate surface area is 105 Å². The maximum atomic E-state index is 9.27. The Kier molecular flexibility index (Phi) is 5.25. The molecule has 1 aromatic heterocycles. The van der Waals surface area contributed by atoms with E-state index in [1.807, 2.05) is 0 Å². The average molecular weight is 264 g/mol. The molecule has 0 bridgehead atoms. The first-order valence-electron chi connectivity index (χ1n) is 5.14. The Balaban J connectivity index is 2.81. The molecule has 0 aromatic carbocycles. The fourth-order valence-electron chi connectivity index (χ4n) is 1.31. The molecule has 0 saturated carbocycles. The number of aliphatic hydroxyl groups is 1. The molecule has 0 unspecified atom stereocenters. The van der Waals surface area contributed by atoms with Crippen LogP contribution in [-0.2, 0) is 0 Å². The second-order valence-corrected chi connectivity index (χ2v) is 4.44. The van der Waals surface area contributed by atoms with Gasteiger partial charge in [-0.25, -0.2) is 0 Å². The third kappa shape index (κ3) is 3.47. The van der Waals surface area contributed by atoms with Crippen LogP contribution in [-0.4, -0.2) is 28.0 Å². The summed E-state index contributed by atoms with van der Waals surface area (Å²) in [4.78, 5) is 0. The van der Waals surface area contributed by atoms with Crippen molar-refractivity contribution in [2.75, 3.05) is 11.9 Å². The van der Waals surface area contributed by atoms with E-state index in [1.54, 1.807) is 6.07 Å². The van der Waals surface area contributed by atoms with Gasteiger partial charge in [-0.3, -0.25) is 0 Å².